The molecule has 1 aromatic rings. The van der Waals surface area contributed by atoms with E-state index in [1.54, 1.807) is 0 Å². The Hall–Kier alpha value is -0.980. The average Bonchev–Trinajstić information content (AvgIpc) is 1.94. The van der Waals surface area contributed by atoms with E-state index >= 15 is 0 Å². The predicted octanol–water partition coefficient (Wildman–Crippen LogP) is 2.02. The van der Waals surface area contributed by atoms with Gasteiger partial charge in [-0.05, 0) is 12.0 Å². The van der Waals surface area contributed by atoms with E-state index in [0.717, 1.165) is 18.5 Å². The van der Waals surface area contributed by atoms with Crippen LogP contribution in [-0.2, 0) is 6.42 Å². The monoisotopic (exact) mass is 134 g/mol. The average molecular weight is 134 g/mol. The second-order valence-corrected chi connectivity index (χ2v) is 2.36. The maximum Gasteiger partial charge on any atom is 0.0427 e. The molecule has 0 fully saturated rings. The molecule has 1 nitrogen and oxygen atoms in total. The van der Waals surface area contributed by atoms with E-state index in [-0.39, 0.29) is 0 Å². The van der Waals surface area contributed by atoms with Gasteiger partial charge in [-0.3, -0.25) is 0 Å². The van der Waals surface area contributed by atoms with E-state index in [9.17, 15) is 0 Å². The van der Waals surface area contributed by atoms with Gasteiger partial charge in [-0.2, -0.15) is 0 Å². The van der Waals surface area contributed by atoms with Crippen LogP contribution in [0.3, 0.4) is 0 Å². The molecule has 0 bridgehead atoms. The van der Waals surface area contributed by atoms with Crippen molar-refractivity contribution in [2.75, 3.05) is 5.73 Å². The molecule has 1 heteroatoms. The minimum absolute atomic E-state index is 0.796. The molecule has 1 radical (unpaired) electrons. The first kappa shape index (κ1) is 7.13. The van der Waals surface area contributed by atoms with Gasteiger partial charge < -0.3 is 5.73 Å². The van der Waals surface area contributed by atoms with Gasteiger partial charge in [0.05, 0.1) is 0 Å². The Labute approximate surface area is 61.9 Å². The van der Waals surface area contributed by atoms with Gasteiger partial charge in [0.1, 0.15) is 0 Å². The molecular weight excluding hydrogens is 122 g/mol. The van der Waals surface area contributed by atoms with Crippen LogP contribution in [0, 0.1) is 6.07 Å². The predicted molar refractivity (Wildman–Crippen MR) is 43.7 cm³/mol. The molecule has 0 unspecified atom stereocenters. The zero-order valence-corrected chi connectivity index (χ0v) is 6.22. The Kier molecular flexibility index (Phi) is 2.32. The summed E-state index contributed by atoms with van der Waals surface area (Å²) in [5.41, 5.74) is 7.66. The maximum atomic E-state index is 5.65. The summed E-state index contributed by atoms with van der Waals surface area (Å²) in [5, 5.41) is 0. The number of hydrogen-bond donors (Lipinski definition) is 1. The Morgan fingerprint density at radius 1 is 1.60 bits per heavy atom. The van der Waals surface area contributed by atoms with Crippen molar-refractivity contribution in [3.63, 3.8) is 0 Å². The molecule has 0 heterocycles. The van der Waals surface area contributed by atoms with Crippen LogP contribution < -0.4 is 5.73 Å². The minimum Gasteiger partial charge on any atom is -0.398 e. The lowest BCUT2D eigenvalue weighted by molar-refractivity contribution is 0.924. The van der Waals surface area contributed by atoms with Gasteiger partial charge >= 0.3 is 0 Å². The normalized spacial score (nSPS) is 9.70. The number of rotatable bonds is 2. The summed E-state index contributed by atoms with van der Waals surface area (Å²) in [5.74, 6) is 0. The highest BCUT2D eigenvalue weighted by molar-refractivity contribution is 5.45. The molecule has 0 aliphatic rings. The smallest absolute Gasteiger partial charge is 0.0427 e. The second-order valence-electron chi connectivity index (χ2n) is 2.36. The van der Waals surface area contributed by atoms with Crippen LogP contribution in [-0.4, -0.2) is 0 Å². The van der Waals surface area contributed by atoms with E-state index in [2.05, 4.69) is 19.1 Å². The molecule has 0 saturated heterocycles. The third-order valence-electron chi connectivity index (χ3n) is 1.50. The highest BCUT2D eigenvalue weighted by Crippen LogP contribution is 2.10. The Morgan fingerprint density at radius 3 is 3.00 bits per heavy atom. The van der Waals surface area contributed by atoms with Crippen LogP contribution in [0.15, 0.2) is 18.2 Å². The van der Waals surface area contributed by atoms with Gasteiger partial charge in [-0.25, -0.2) is 0 Å². The number of aryl methyl sites for hydroxylation is 1. The quantitative estimate of drug-likeness (QED) is 0.615. The van der Waals surface area contributed by atoms with E-state index in [0.29, 0.717) is 0 Å². The lowest BCUT2D eigenvalue weighted by Gasteiger charge is -2.00. The molecule has 53 valence electrons. The number of benzene rings is 1. The Bertz CT molecular complexity index is 206. The molecule has 0 saturated carbocycles. The van der Waals surface area contributed by atoms with Crippen molar-refractivity contribution in [1.29, 1.82) is 0 Å². The third kappa shape index (κ3) is 1.50. The van der Waals surface area contributed by atoms with Gasteiger partial charge in [-0.15, -0.1) is 0 Å². The number of anilines is 1. The SMILES string of the molecule is CCCc1ccc[c]c1N. The van der Waals surface area contributed by atoms with Crippen molar-refractivity contribution < 1.29 is 0 Å². The molecule has 0 aliphatic heterocycles. The van der Waals surface area contributed by atoms with Crippen molar-refractivity contribution in [3.8, 4) is 0 Å². The van der Waals surface area contributed by atoms with Gasteiger partial charge in [-0.1, -0.05) is 31.5 Å². The molecule has 2 N–H and O–H groups in total. The third-order valence-corrected chi connectivity index (χ3v) is 1.50. The van der Waals surface area contributed by atoms with Crippen LogP contribution in [0.5, 0.6) is 0 Å². The molecule has 1 rings (SSSR count). The minimum atomic E-state index is 0.796. The maximum absolute atomic E-state index is 5.65. The summed E-state index contributed by atoms with van der Waals surface area (Å²) < 4.78 is 0. The van der Waals surface area contributed by atoms with Crippen LogP contribution in [0.4, 0.5) is 5.69 Å². The van der Waals surface area contributed by atoms with Gasteiger partial charge in [0.2, 0.25) is 0 Å². The molecule has 0 aromatic heterocycles. The van der Waals surface area contributed by atoms with Gasteiger partial charge in [0.25, 0.3) is 0 Å². The molecule has 10 heavy (non-hydrogen) atoms. The summed E-state index contributed by atoms with van der Waals surface area (Å²) in [6, 6.07) is 8.83. The van der Waals surface area contributed by atoms with E-state index < -0.39 is 0 Å². The fraction of sp³-hybridized carbons (Fsp3) is 0.333. The van der Waals surface area contributed by atoms with Crippen molar-refractivity contribution in [2.24, 2.45) is 0 Å². The fourth-order valence-electron chi connectivity index (χ4n) is 0.972. The number of nitrogens with two attached hydrogens (primary N) is 1. The van der Waals surface area contributed by atoms with E-state index in [4.69, 9.17) is 5.73 Å². The van der Waals surface area contributed by atoms with Crippen molar-refractivity contribution in [2.45, 2.75) is 19.8 Å². The standard InChI is InChI=1S/C9H12N/c1-2-5-8-6-3-4-7-9(8)10/h3-4,6H,2,5,10H2,1H3. The Balaban J connectivity index is 2.81. The molecule has 0 aliphatic carbocycles. The molecule has 0 amide bonds. The summed E-state index contributed by atoms with van der Waals surface area (Å²) in [6.07, 6.45) is 2.20. The van der Waals surface area contributed by atoms with Crippen LogP contribution in [0.25, 0.3) is 0 Å². The molecular formula is C9H12N. The number of para-hydroxylation sites is 1. The van der Waals surface area contributed by atoms with Crippen LogP contribution >= 0.6 is 0 Å². The largest absolute Gasteiger partial charge is 0.398 e. The Morgan fingerprint density at radius 2 is 2.40 bits per heavy atom. The first-order valence-electron chi connectivity index (χ1n) is 3.59. The second kappa shape index (κ2) is 3.25. The highest BCUT2D eigenvalue weighted by atomic mass is 14.6. The van der Waals surface area contributed by atoms with Crippen LogP contribution in [0.1, 0.15) is 18.9 Å². The zero-order valence-electron chi connectivity index (χ0n) is 6.22. The zero-order chi connectivity index (χ0) is 7.40. The van der Waals surface area contributed by atoms with Gasteiger partial charge in [0.15, 0.2) is 0 Å². The fourth-order valence-corrected chi connectivity index (χ4v) is 0.972. The molecule has 1 aromatic carbocycles. The van der Waals surface area contributed by atoms with Gasteiger partial charge in [0, 0.05) is 11.8 Å². The lowest BCUT2D eigenvalue weighted by Crippen LogP contribution is -1.92. The van der Waals surface area contributed by atoms with Crippen molar-refractivity contribution >= 4 is 5.69 Å². The lowest BCUT2D eigenvalue weighted by atomic mass is 10.1. The van der Waals surface area contributed by atoms with Crippen molar-refractivity contribution in [3.05, 3.63) is 29.8 Å². The first-order chi connectivity index (χ1) is 4.84. The topological polar surface area (TPSA) is 26.0 Å². The molecule has 0 spiro atoms. The summed E-state index contributed by atoms with van der Waals surface area (Å²) >= 11 is 0. The number of nitrogen functional groups attached to an aromatic ring is 1. The van der Waals surface area contributed by atoms with E-state index in [1.807, 2.05) is 12.1 Å². The van der Waals surface area contributed by atoms with E-state index in [1.165, 1.54) is 5.56 Å². The number of hydrogen-bond acceptors (Lipinski definition) is 1. The summed E-state index contributed by atoms with van der Waals surface area (Å²) in [7, 11) is 0. The highest BCUT2D eigenvalue weighted by Gasteiger charge is 1.93. The van der Waals surface area contributed by atoms with Crippen LogP contribution in [0.2, 0.25) is 0 Å². The summed E-state index contributed by atoms with van der Waals surface area (Å²) in [6.45, 7) is 2.15. The first-order valence-corrected chi connectivity index (χ1v) is 3.59. The summed E-state index contributed by atoms with van der Waals surface area (Å²) in [4.78, 5) is 0. The molecule has 0 atom stereocenters. The van der Waals surface area contributed by atoms with Crippen molar-refractivity contribution in [1.82, 2.24) is 0 Å².